The third-order valence-electron chi connectivity index (χ3n) is 3.74. The SMILES string of the molecule is C=CC(=O)N1CCC(C(=O)Cc2cccc(CN)c2)C1. The maximum absolute atomic E-state index is 12.3. The van der Waals surface area contributed by atoms with Gasteiger partial charge in [-0.1, -0.05) is 30.8 Å². The van der Waals surface area contributed by atoms with Crippen LogP contribution in [0.4, 0.5) is 0 Å². The van der Waals surface area contributed by atoms with E-state index in [2.05, 4.69) is 6.58 Å². The van der Waals surface area contributed by atoms with Crippen LogP contribution in [-0.4, -0.2) is 29.7 Å². The summed E-state index contributed by atoms with van der Waals surface area (Å²) in [5.41, 5.74) is 7.62. The summed E-state index contributed by atoms with van der Waals surface area (Å²) in [4.78, 5) is 25.5. The zero-order valence-corrected chi connectivity index (χ0v) is 11.5. The van der Waals surface area contributed by atoms with Crippen LogP contribution < -0.4 is 5.73 Å². The van der Waals surface area contributed by atoms with E-state index in [9.17, 15) is 9.59 Å². The van der Waals surface area contributed by atoms with E-state index in [1.54, 1.807) is 4.90 Å². The first-order chi connectivity index (χ1) is 9.63. The fourth-order valence-corrected chi connectivity index (χ4v) is 2.56. The summed E-state index contributed by atoms with van der Waals surface area (Å²) in [7, 11) is 0. The van der Waals surface area contributed by atoms with Crippen molar-refractivity contribution in [3.05, 3.63) is 48.0 Å². The van der Waals surface area contributed by atoms with Crippen LogP contribution >= 0.6 is 0 Å². The number of nitrogens with zero attached hydrogens (tertiary/aromatic N) is 1. The molecule has 4 heteroatoms. The second kappa shape index (κ2) is 6.48. The second-order valence-electron chi connectivity index (χ2n) is 5.14. The molecule has 1 heterocycles. The molecule has 0 spiro atoms. The zero-order chi connectivity index (χ0) is 14.5. The van der Waals surface area contributed by atoms with E-state index < -0.39 is 0 Å². The lowest BCUT2D eigenvalue weighted by Crippen LogP contribution is -2.28. The van der Waals surface area contributed by atoms with E-state index in [-0.39, 0.29) is 17.6 Å². The molecule has 1 unspecified atom stereocenters. The molecule has 1 fully saturated rings. The number of hydrogen-bond acceptors (Lipinski definition) is 3. The minimum Gasteiger partial charge on any atom is -0.338 e. The molecule has 1 saturated heterocycles. The Morgan fingerprint density at radius 1 is 1.40 bits per heavy atom. The van der Waals surface area contributed by atoms with Gasteiger partial charge in [0.25, 0.3) is 0 Å². The third kappa shape index (κ3) is 3.33. The molecular formula is C16H20N2O2. The van der Waals surface area contributed by atoms with Gasteiger partial charge in [-0.05, 0) is 23.6 Å². The van der Waals surface area contributed by atoms with Crippen LogP contribution in [0, 0.1) is 5.92 Å². The van der Waals surface area contributed by atoms with Crippen molar-refractivity contribution < 1.29 is 9.59 Å². The maximum Gasteiger partial charge on any atom is 0.245 e. The Morgan fingerprint density at radius 2 is 2.15 bits per heavy atom. The van der Waals surface area contributed by atoms with E-state index in [1.807, 2.05) is 24.3 Å². The van der Waals surface area contributed by atoms with Gasteiger partial charge in [-0.2, -0.15) is 0 Å². The van der Waals surface area contributed by atoms with Crippen molar-refractivity contribution in [3.8, 4) is 0 Å². The van der Waals surface area contributed by atoms with Crippen LogP contribution in [0.2, 0.25) is 0 Å². The van der Waals surface area contributed by atoms with E-state index in [1.165, 1.54) is 6.08 Å². The van der Waals surface area contributed by atoms with E-state index in [0.29, 0.717) is 26.1 Å². The van der Waals surface area contributed by atoms with E-state index in [4.69, 9.17) is 5.73 Å². The lowest BCUT2D eigenvalue weighted by molar-refractivity contribution is -0.125. The van der Waals surface area contributed by atoms with Crippen LogP contribution in [-0.2, 0) is 22.6 Å². The van der Waals surface area contributed by atoms with Crippen molar-refractivity contribution in [1.29, 1.82) is 0 Å². The highest BCUT2D eigenvalue weighted by molar-refractivity contribution is 5.89. The van der Waals surface area contributed by atoms with Crippen LogP contribution in [0.1, 0.15) is 17.5 Å². The highest BCUT2D eigenvalue weighted by atomic mass is 16.2. The number of nitrogens with two attached hydrogens (primary N) is 1. The molecule has 106 valence electrons. The number of hydrogen-bond donors (Lipinski definition) is 1. The average molecular weight is 272 g/mol. The molecule has 1 amide bonds. The molecule has 1 aliphatic heterocycles. The van der Waals surface area contributed by atoms with Gasteiger partial charge in [-0.15, -0.1) is 0 Å². The fraction of sp³-hybridized carbons (Fsp3) is 0.375. The lowest BCUT2D eigenvalue weighted by Gasteiger charge is -2.13. The van der Waals surface area contributed by atoms with Crippen molar-refractivity contribution >= 4 is 11.7 Å². The number of ketones is 1. The molecule has 1 aliphatic rings. The molecule has 0 aliphatic carbocycles. The summed E-state index contributed by atoms with van der Waals surface area (Å²) in [6.45, 7) is 5.11. The summed E-state index contributed by atoms with van der Waals surface area (Å²) in [5.74, 6) is 0.0457. The van der Waals surface area contributed by atoms with E-state index >= 15 is 0 Å². The molecule has 1 atom stereocenters. The third-order valence-corrected chi connectivity index (χ3v) is 3.74. The number of carbonyl (C=O) groups excluding carboxylic acids is 2. The summed E-state index contributed by atoms with van der Waals surface area (Å²) in [6, 6.07) is 7.79. The summed E-state index contributed by atoms with van der Waals surface area (Å²) in [6.07, 6.45) is 2.46. The van der Waals surface area contributed by atoms with Crippen LogP contribution in [0.15, 0.2) is 36.9 Å². The Kier molecular flexibility index (Phi) is 4.69. The largest absolute Gasteiger partial charge is 0.338 e. The van der Waals surface area contributed by atoms with Crippen molar-refractivity contribution in [2.24, 2.45) is 11.7 Å². The minimum atomic E-state index is -0.0922. The molecule has 0 radical (unpaired) electrons. The number of likely N-dealkylation sites (tertiary alicyclic amines) is 1. The zero-order valence-electron chi connectivity index (χ0n) is 11.5. The van der Waals surface area contributed by atoms with Crippen molar-refractivity contribution in [3.63, 3.8) is 0 Å². The molecule has 2 N–H and O–H groups in total. The Bertz CT molecular complexity index is 525. The van der Waals surface area contributed by atoms with Gasteiger partial charge in [0.15, 0.2) is 0 Å². The topological polar surface area (TPSA) is 63.4 Å². The lowest BCUT2D eigenvalue weighted by atomic mass is 9.96. The predicted molar refractivity (Wildman–Crippen MR) is 77.9 cm³/mol. The minimum absolute atomic E-state index is 0.0552. The summed E-state index contributed by atoms with van der Waals surface area (Å²) >= 11 is 0. The number of benzene rings is 1. The first-order valence-electron chi connectivity index (χ1n) is 6.86. The predicted octanol–water partition coefficient (Wildman–Crippen LogP) is 1.29. The number of carbonyl (C=O) groups is 2. The molecular weight excluding hydrogens is 252 g/mol. The first-order valence-corrected chi connectivity index (χ1v) is 6.86. The van der Waals surface area contributed by atoms with Crippen molar-refractivity contribution in [2.75, 3.05) is 13.1 Å². The number of amides is 1. The monoisotopic (exact) mass is 272 g/mol. The van der Waals surface area contributed by atoms with Gasteiger partial charge in [0.1, 0.15) is 5.78 Å². The van der Waals surface area contributed by atoms with Crippen LogP contribution in [0.25, 0.3) is 0 Å². The molecule has 1 aromatic carbocycles. The second-order valence-corrected chi connectivity index (χ2v) is 5.14. The highest BCUT2D eigenvalue weighted by Gasteiger charge is 2.29. The Hall–Kier alpha value is -1.94. The van der Waals surface area contributed by atoms with Crippen LogP contribution in [0.3, 0.4) is 0 Å². The maximum atomic E-state index is 12.3. The highest BCUT2D eigenvalue weighted by Crippen LogP contribution is 2.19. The molecule has 1 aromatic rings. The smallest absolute Gasteiger partial charge is 0.245 e. The number of rotatable bonds is 5. The molecule has 0 aromatic heterocycles. The molecule has 2 rings (SSSR count). The van der Waals surface area contributed by atoms with Crippen molar-refractivity contribution in [2.45, 2.75) is 19.4 Å². The quantitative estimate of drug-likeness (QED) is 0.822. The first kappa shape index (κ1) is 14.5. The summed E-state index contributed by atoms with van der Waals surface area (Å²) < 4.78 is 0. The van der Waals surface area contributed by atoms with Gasteiger partial charge in [0.2, 0.25) is 5.91 Å². The normalized spacial score (nSPS) is 18.1. The summed E-state index contributed by atoms with van der Waals surface area (Å²) in [5, 5.41) is 0. The van der Waals surface area contributed by atoms with Gasteiger partial charge in [-0.3, -0.25) is 9.59 Å². The fourth-order valence-electron chi connectivity index (χ4n) is 2.56. The van der Waals surface area contributed by atoms with Gasteiger partial charge in [0.05, 0.1) is 0 Å². The van der Waals surface area contributed by atoms with Crippen LogP contribution in [0.5, 0.6) is 0 Å². The van der Waals surface area contributed by atoms with Gasteiger partial charge in [0, 0.05) is 32.0 Å². The molecule has 0 saturated carbocycles. The van der Waals surface area contributed by atoms with Crippen molar-refractivity contribution in [1.82, 2.24) is 4.90 Å². The Labute approximate surface area is 119 Å². The Morgan fingerprint density at radius 3 is 2.85 bits per heavy atom. The van der Waals surface area contributed by atoms with Gasteiger partial charge < -0.3 is 10.6 Å². The molecule has 20 heavy (non-hydrogen) atoms. The standard InChI is InChI=1S/C16H20N2O2/c1-2-16(20)18-7-6-14(11-18)15(19)9-12-4-3-5-13(8-12)10-17/h2-5,8,14H,1,6-7,9-11,17H2. The van der Waals surface area contributed by atoms with E-state index in [0.717, 1.165) is 17.5 Å². The molecule has 4 nitrogen and oxygen atoms in total. The van der Waals surface area contributed by atoms with Gasteiger partial charge in [-0.25, -0.2) is 0 Å². The Balaban J connectivity index is 1.95. The number of Topliss-reactive ketones (excluding diaryl/α,β-unsaturated/α-hetero) is 1. The molecule has 0 bridgehead atoms. The van der Waals surface area contributed by atoms with Gasteiger partial charge >= 0.3 is 0 Å². The average Bonchev–Trinajstić information content (AvgIpc) is 2.96.